The highest BCUT2D eigenvalue weighted by molar-refractivity contribution is 5.71. The number of carboxylic acid groups (broad SMARTS) is 1. The van der Waals surface area contributed by atoms with Crippen molar-refractivity contribution in [3.8, 4) is 0 Å². The van der Waals surface area contributed by atoms with Crippen molar-refractivity contribution in [1.82, 2.24) is 9.80 Å². The van der Waals surface area contributed by atoms with Crippen LogP contribution in [-0.4, -0.2) is 73.4 Å². The number of nitrogens with zero attached hydrogens (tertiary/aromatic N) is 2. The number of carboxylic acids is 1. The SMILES string of the molecule is CC(OCCN1CCN(C)CC1)C(=O)O. The Morgan fingerprint density at radius 2 is 2.00 bits per heavy atom. The van der Waals surface area contributed by atoms with Gasteiger partial charge in [-0.1, -0.05) is 0 Å². The van der Waals surface area contributed by atoms with Gasteiger partial charge >= 0.3 is 5.97 Å². The summed E-state index contributed by atoms with van der Waals surface area (Å²) in [6, 6.07) is 0. The first-order valence-corrected chi connectivity index (χ1v) is 5.35. The number of hydrogen-bond donors (Lipinski definition) is 1. The second kappa shape index (κ2) is 6.05. The maximum absolute atomic E-state index is 10.5. The van der Waals surface area contributed by atoms with Crippen LogP contribution < -0.4 is 0 Å². The third-order valence-corrected chi connectivity index (χ3v) is 2.72. The van der Waals surface area contributed by atoms with E-state index in [1.165, 1.54) is 0 Å². The fourth-order valence-electron chi connectivity index (χ4n) is 1.50. The van der Waals surface area contributed by atoms with Gasteiger partial charge in [0.2, 0.25) is 0 Å². The maximum atomic E-state index is 10.5. The Labute approximate surface area is 90.6 Å². The van der Waals surface area contributed by atoms with Crippen LogP contribution in [0.4, 0.5) is 0 Å². The molecule has 15 heavy (non-hydrogen) atoms. The number of ether oxygens (including phenoxy) is 1. The van der Waals surface area contributed by atoms with E-state index < -0.39 is 12.1 Å². The van der Waals surface area contributed by atoms with Crippen LogP contribution >= 0.6 is 0 Å². The lowest BCUT2D eigenvalue weighted by molar-refractivity contribution is -0.149. The van der Waals surface area contributed by atoms with Gasteiger partial charge in [-0.3, -0.25) is 4.90 Å². The molecule has 1 fully saturated rings. The molecule has 0 radical (unpaired) electrons. The summed E-state index contributed by atoms with van der Waals surface area (Å²) in [6.07, 6.45) is -0.697. The van der Waals surface area contributed by atoms with Gasteiger partial charge in [-0.25, -0.2) is 4.79 Å². The lowest BCUT2D eigenvalue weighted by atomic mass is 10.3. The highest BCUT2D eigenvalue weighted by Crippen LogP contribution is 1.99. The smallest absolute Gasteiger partial charge is 0.332 e. The molecule has 0 spiro atoms. The number of piperazine rings is 1. The Balaban J connectivity index is 2.07. The molecule has 1 unspecified atom stereocenters. The minimum atomic E-state index is -0.895. The monoisotopic (exact) mass is 216 g/mol. The van der Waals surface area contributed by atoms with Crippen LogP contribution in [0, 0.1) is 0 Å². The molecule has 0 saturated carbocycles. The van der Waals surface area contributed by atoms with Crippen LogP contribution in [-0.2, 0) is 9.53 Å². The average molecular weight is 216 g/mol. The van der Waals surface area contributed by atoms with Crippen molar-refractivity contribution in [2.75, 3.05) is 46.4 Å². The zero-order valence-electron chi connectivity index (χ0n) is 9.48. The van der Waals surface area contributed by atoms with Crippen molar-refractivity contribution in [3.63, 3.8) is 0 Å². The van der Waals surface area contributed by atoms with Gasteiger partial charge in [0, 0.05) is 32.7 Å². The molecule has 0 bridgehead atoms. The quantitative estimate of drug-likeness (QED) is 0.685. The van der Waals surface area contributed by atoms with Crippen LogP contribution in [0.3, 0.4) is 0 Å². The zero-order chi connectivity index (χ0) is 11.3. The molecule has 0 aromatic heterocycles. The zero-order valence-corrected chi connectivity index (χ0v) is 9.48. The number of likely N-dealkylation sites (N-methyl/N-ethyl adjacent to an activating group) is 1. The molecule has 0 amide bonds. The van der Waals surface area contributed by atoms with Gasteiger partial charge in [0.1, 0.15) is 0 Å². The molecule has 1 aliphatic rings. The Kier molecular flexibility index (Phi) is 5.01. The molecule has 0 aromatic carbocycles. The fraction of sp³-hybridized carbons (Fsp3) is 0.900. The van der Waals surface area contributed by atoms with Gasteiger partial charge in [0.15, 0.2) is 6.10 Å². The van der Waals surface area contributed by atoms with Crippen molar-refractivity contribution in [1.29, 1.82) is 0 Å². The highest BCUT2D eigenvalue weighted by atomic mass is 16.5. The molecule has 5 nitrogen and oxygen atoms in total. The topological polar surface area (TPSA) is 53.0 Å². The van der Waals surface area contributed by atoms with E-state index in [0.717, 1.165) is 32.7 Å². The van der Waals surface area contributed by atoms with Crippen molar-refractivity contribution in [2.45, 2.75) is 13.0 Å². The molecule has 1 aliphatic heterocycles. The number of hydrogen-bond acceptors (Lipinski definition) is 4. The van der Waals surface area contributed by atoms with E-state index in [1.807, 2.05) is 0 Å². The maximum Gasteiger partial charge on any atom is 0.332 e. The van der Waals surface area contributed by atoms with Crippen LogP contribution in [0.15, 0.2) is 0 Å². The van der Waals surface area contributed by atoms with E-state index in [0.29, 0.717) is 6.61 Å². The first kappa shape index (κ1) is 12.4. The third-order valence-electron chi connectivity index (χ3n) is 2.72. The molecule has 1 N–H and O–H groups in total. The van der Waals surface area contributed by atoms with Crippen LogP contribution in [0.2, 0.25) is 0 Å². The minimum absolute atomic E-state index is 0.497. The molecular weight excluding hydrogens is 196 g/mol. The molecule has 1 saturated heterocycles. The Morgan fingerprint density at radius 3 is 2.53 bits per heavy atom. The Morgan fingerprint density at radius 1 is 1.40 bits per heavy atom. The summed E-state index contributed by atoms with van der Waals surface area (Å²) >= 11 is 0. The van der Waals surface area contributed by atoms with E-state index in [9.17, 15) is 4.79 Å². The molecule has 0 aromatic rings. The summed E-state index contributed by atoms with van der Waals surface area (Å²) in [4.78, 5) is 15.1. The van der Waals surface area contributed by atoms with Crippen LogP contribution in [0.25, 0.3) is 0 Å². The predicted molar refractivity (Wildman–Crippen MR) is 57.0 cm³/mol. The van der Waals surface area contributed by atoms with E-state index in [2.05, 4.69) is 16.8 Å². The van der Waals surface area contributed by atoms with E-state index in [4.69, 9.17) is 9.84 Å². The van der Waals surface area contributed by atoms with E-state index in [-0.39, 0.29) is 0 Å². The van der Waals surface area contributed by atoms with Gasteiger partial charge in [-0.15, -0.1) is 0 Å². The van der Waals surface area contributed by atoms with Crippen molar-refractivity contribution in [3.05, 3.63) is 0 Å². The molecule has 5 heteroatoms. The van der Waals surface area contributed by atoms with Gasteiger partial charge in [-0.2, -0.15) is 0 Å². The number of rotatable bonds is 5. The molecule has 1 heterocycles. The minimum Gasteiger partial charge on any atom is -0.479 e. The fourth-order valence-corrected chi connectivity index (χ4v) is 1.50. The number of carbonyl (C=O) groups is 1. The second-order valence-corrected chi connectivity index (χ2v) is 4.00. The van der Waals surface area contributed by atoms with Crippen molar-refractivity contribution in [2.24, 2.45) is 0 Å². The summed E-state index contributed by atoms with van der Waals surface area (Å²) in [6.45, 7) is 7.13. The predicted octanol–water partition coefficient (Wildman–Crippen LogP) is -0.276. The normalized spacial score (nSPS) is 21.5. The van der Waals surface area contributed by atoms with Crippen molar-refractivity contribution >= 4 is 5.97 Å². The Bertz CT molecular complexity index is 203. The third kappa shape index (κ3) is 4.59. The van der Waals surface area contributed by atoms with Gasteiger partial charge in [0.25, 0.3) is 0 Å². The highest BCUT2D eigenvalue weighted by Gasteiger charge is 2.15. The summed E-state index contributed by atoms with van der Waals surface area (Å²) < 4.78 is 5.18. The van der Waals surface area contributed by atoms with Gasteiger partial charge in [0.05, 0.1) is 6.61 Å². The van der Waals surface area contributed by atoms with Crippen molar-refractivity contribution < 1.29 is 14.6 Å². The van der Waals surface area contributed by atoms with Crippen LogP contribution in [0.5, 0.6) is 0 Å². The summed E-state index contributed by atoms with van der Waals surface area (Å²) in [5, 5.41) is 8.61. The van der Waals surface area contributed by atoms with Crippen LogP contribution in [0.1, 0.15) is 6.92 Å². The molecular formula is C10H20N2O3. The lowest BCUT2D eigenvalue weighted by Gasteiger charge is -2.32. The van der Waals surface area contributed by atoms with E-state index in [1.54, 1.807) is 6.92 Å². The summed E-state index contributed by atoms with van der Waals surface area (Å²) in [7, 11) is 2.11. The lowest BCUT2D eigenvalue weighted by Crippen LogP contribution is -2.45. The molecule has 1 rings (SSSR count). The first-order valence-electron chi connectivity index (χ1n) is 5.35. The largest absolute Gasteiger partial charge is 0.479 e. The first-order chi connectivity index (χ1) is 7.09. The summed E-state index contributed by atoms with van der Waals surface area (Å²) in [5.74, 6) is -0.895. The Hall–Kier alpha value is -0.650. The van der Waals surface area contributed by atoms with Gasteiger partial charge in [-0.05, 0) is 14.0 Å². The summed E-state index contributed by atoms with van der Waals surface area (Å²) in [5.41, 5.74) is 0. The van der Waals surface area contributed by atoms with Gasteiger partial charge < -0.3 is 14.7 Å². The second-order valence-electron chi connectivity index (χ2n) is 4.00. The average Bonchev–Trinajstić information content (AvgIpc) is 2.20. The standard InChI is InChI=1S/C10H20N2O3/c1-9(10(13)14)15-8-7-12-5-3-11(2)4-6-12/h9H,3-8H2,1-2H3,(H,13,14). The van der Waals surface area contributed by atoms with E-state index >= 15 is 0 Å². The number of aliphatic carboxylic acids is 1. The molecule has 88 valence electrons. The molecule has 1 atom stereocenters. The molecule has 0 aliphatic carbocycles.